The lowest BCUT2D eigenvalue weighted by atomic mass is 10.3. The van der Waals surface area contributed by atoms with Crippen LogP contribution >= 0.6 is 0 Å². The van der Waals surface area contributed by atoms with Crippen LogP contribution < -0.4 is 11.6 Å². The van der Waals surface area contributed by atoms with Crippen LogP contribution in [-0.2, 0) is 4.79 Å². The summed E-state index contributed by atoms with van der Waals surface area (Å²) in [5.41, 5.74) is 2.08. The first-order chi connectivity index (χ1) is 6.75. The highest BCUT2D eigenvalue weighted by Gasteiger charge is 2.45. The summed E-state index contributed by atoms with van der Waals surface area (Å²) in [6.07, 6.45) is -3.86. The van der Waals surface area contributed by atoms with Gasteiger partial charge >= 0.3 is 12.1 Å². The molecular weight excluding hydrogens is 215 g/mol. The van der Waals surface area contributed by atoms with Crippen molar-refractivity contribution in [2.24, 2.45) is 11.6 Å². The minimum absolute atomic E-state index is 0.392. The molecule has 0 unspecified atom stereocenters. The summed E-state index contributed by atoms with van der Waals surface area (Å²) in [6, 6.07) is -0.473. The van der Waals surface area contributed by atoms with Crippen LogP contribution in [0.3, 0.4) is 0 Å². The molecule has 5 nitrogen and oxygen atoms in total. The first-order valence-electron chi connectivity index (χ1n) is 4.09. The van der Waals surface area contributed by atoms with E-state index in [0.29, 0.717) is 17.9 Å². The number of hydrogen-bond acceptors (Lipinski definition) is 4. The van der Waals surface area contributed by atoms with Crippen molar-refractivity contribution in [2.75, 3.05) is 0 Å². The van der Waals surface area contributed by atoms with E-state index in [1.807, 2.05) is 0 Å². The van der Waals surface area contributed by atoms with Gasteiger partial charge in [-0.2, -0.15) is 13.2 Å². The van der Waals surface area contributed by atoms with Gasteiger partial charge in [-0.3, -0.25) is 0 Å². The maximum Gasteiger partial charge on any atom is 0.434 e. The minimum Gasteiger partial charge on any atom is -0.477 e. The van der Waals surface area contributed by atoms with E-state index in [-0.39, 0.29) is 0 Å². The van der Waals surface area contributed by atoms with Crippen LogP contribution in [-0.4, -0.2) is 28.3 Å². The van der Waals surface area contributed by atoms with Gasteiger partial charge in [-0.05, 0) is 12.8 Å². The van der Waals surface area contributed by atoms with E-state index in [2.05, 4.69) is 0 Å². The number of alkyl halides is 3. The molecule has 0 atom stereocenters. The normalized spacial score (nSPS) is 18.4. The van der Waals surface area contributed by atoms with Gasteiger partial charge in [0.1, 0.15) is 5.70 Å². The fourth-order valence-electron chi connectivity index (χ4n) is 1.07. The lowest BCUT2D eigenvalue weighted by molar-refractivity contribution is -0.136. The summed E-state index contributed by atoms with van der Waals surface area (Å²) in [5.74, 6) is 3.33. The molecule has 0 aromatic heterocycles. The third-order valence-electron chi connectivity index (χ3n) is 1.95. The van der Waals surface area contributed by atoms with E-state index < -0.39 is 29.6 Å². The molecule has 1 saturated carbocycles. The van der Waals surface area contributed by atoms with Crippen LogP contribution in [0.5, 0.6) is 0 Å². The van der Waals surface area contributed by atoms with Crippen molar-refractivity contribution in [2.45, 2.75) is 25.1 Å². The maximum absolute atomic E-state index is 12.4. The average Bonchev–Trinajstić information content (AvgIpc) is 2.82. The molecule has 0 spiro atoms. The Hall–Kier alpha value is -1.44. The third-order valence-corrected chi connectivity index (χ3v) is 1.95. The van der Waals surface area contributed by atoms with E-state index in [4.69, 9.17) is 16.7 Å². The van der Waals surface area contributed by atoms with E-state index in [9.17, 15) is 18.0 Å². The Morgan fingerprint density at radius 1 is 1.40 bits per heavy atom. The Morgan fingerprint density at radius 2 is 1.87 bits per heavy atom. The Balaban J connectivity index is 3.07. The topological polar surface area (TPSA) is 92.6 Å². The lowest BCUT2D eigenvalue weighted by Gasteiger charge is -2.24. The van der Waals surface area contributed by atoms with Crippen molar-refractivity contribution in [3.8, 4) is 0 Å². The second kappa shape index (κ2) is 3.61. The second-order valence-electron chi connectivity index (χ2n) is 3.20. The number of rotatable bonds is 3. The predicted octanol–water partition coefficient (Wildman–Crippen LogP) is 0.142. The summed E-state index contributed by atoms with van der Waals surface area (Å²) in [6.45, 7) is 0. The van der Waals surface area contributed by atoms with Crippen LogP contribution in [0, 0.1) is 0 Å². The van der Waals surface area contributed by atoms with Crippen LogP contribution in [0.1, 0.15) is 12.8 Å². The molecule has 0 radical (unpaired) electrons. The highest BCUT2D eigenvalue weighted by atomic mass is 19.4. The molecule has 86 valence electrons. The molecule has 1 aliphatic rings. The molecule has 0 bridgehead atoms. The number of hydrogen-bond donors (Lipinski definition) is 3. The average molecular weight is 225 g/mol. The maximum atomic E-state index is 12.4. The number of halogens is 3. The Kier molecular flexibility index (Phi) is 2.80. The van der Waals surface area contributed by atoms with Crippen molar-refractivity contribution < 1.29 is 23.1 Å². The molecule has 0 aromatic carbocycles. The summed E-state index contributed by atoms with van der Waals surface area (Å²) in [4.78, 5) is 10.4. The van der Waals surface area contributed by atoms with E-state index in [0.717, 1.165) is 0 Å². The first kappa shape index (κ1) is 11.6. The van der Waals surface area contributed by atoms with Crippen molar-refractivity contribution in [1.29, 1.82) is 0 Å². The molecule has 0 amide bonds. The highest BCUT2D eigenvalue weighted by Crippen LogP contribution is 2.35. The smallest absolute Gasteiger partial charge is 0.434 e. The lowest BCUT2D eigenvalue weighted by Crippen LogP contribution is -2.42. The summed E-state index contributed by atoms with van der Waals surface area (Å²) < 4.78 is 37.3. The number of hydrazine groups is 1. The third kappa shape index (κ3) is 2.52. The molecule has 1 aliphatic carbocycles. The number of carboxylic acid groups (broad SMARTS) is 1. The largest absolute Gasteiger partial charge is 0.477 e. The van der Waals surface area contributed by atoms with Crippen molar-refractivity contribution in [1.82, 2.24) is 5.01 Å². The molecule has 0 aliphatic heterocycles. The van der Waals surface area contributed by atoms with E-state index >= 15 is 0 Å². The number of allylic oxidation sites excluding steroid dienone is 1. The molecule has 1 fully saturated rings. The van der Waals surface area contributed by atoms with Crippen molar-refractivity contribution in [3.05, 3.63) is 11.4 Å². The highest BCUT2D eigenvalue weighted by molar-refractivity contribution is 5.86. The summed E-state index contributed by atoms with van der Waals surface area (Å²) in [5, 5.41) is 8.79. The van der Waals surface area contributed by atoms with Crippen LogP contribution in [0.2, 0.25) is 0 Å². The van der Waals surface area contributed by atoms with Crippen LogP contribution in [0.25, 0.3) is 0 Å². The molecule has 8 heteroatoms. The Morgan fingerprint density at radius 3 is 2.13 bits per heavy atom. The first-order valence-corrected chi connectivity index (χ1v) is 4.09. The van der Waals surface area contributed by atoms with Gasteiger partial charge < -0.3 is 15.8 Å². The van der Waals surface area contributed by atoms with Gasteiger partial charge in [0, 0.05) is 6.04 Å². The number of nitrogens with zero attached hydrogens (tertiary/aromatic N) is 1. The zero-order valence-electron chi connectivity index (χ0n) is 7.58. The fourth-order valence-corrected chi connectivity index (χ4v) is 1.07. The molecule has 0 heterocycles. The van der Waals surface area contributed by atoms with Gasteiger partial charge in [0.15, 0.2) is 5.70 Å². The van der Waals surface area contributed by atoms with Gasteiger partial charge in [0.2, 0.25) is 0 Å². The number of carbonyl (C=O) groups is 1. The summed E-state index contributed by atoms with van der Waals surface area (Å²) in [7, 11) is 0. The van der Waals surface area contributed by atoms with Crippen molar-refractivity contribution >= 4 is 5.97 Å². The zero-order valence-corrected chi connectivity index (χ0v) is 7.58. The second-order valence-corrected chi connectivity index (χ2v) is 3.20. The molecule has 1 rings (SSSR count). The molecule has 5 N–H and O–H groups in total. The number of carboxylic acids is 1. The predicted molar refractivity (Wildman–Crippen MR) is 44.0 cm³/mol. The van der Waals surface area contributed by atoms with Gasteiger partial charge in [-0.1, -0.05) is 0 Å². The summed E-state index contributed by atoms with van der Waals surface area (Å²) >= 11 is 0. The SMILES string of the molecule is N/C(C(=O)O)=C(\N(N)C1CC1)C(F)(F)F. The minimum atomic E-state index is -4.86. The van der Waals surface area contributed by atoms with Crippen LogP contribution in [0.4, 0.5) is 13.2 Å². The standard InChI is InChI=1S/C7H10F3N3O2/c8-7(9,10)5(4(11)6(14)15)13(12)3-1-2-3/h3H,1-2,11-12H2,(H,14,15)/b5-4-. The van der Waals surface area contributed by atoms with E-state index in [1.165, 1.54) is 0 Å². The van der Waals surface area contributed by atoms with Gasteiger partial charge in [0.25, 0.3) is 0 Å². The number of aliphatic carboxylic acids is 1. The van der Waals surface area contributed by atoms with E-state index in [1.54, 1.807) is 0 Å². The molecule has 15 heavy (non-hydrogen) atoms. The van der Waals surface area contributed by atoms with Crippen molar-refractivity contribution in [3.63, 3.8) is 0 Å². The quantitative estimate of drug-likeness (QED) is 0.361. The van der Waals surface area contributed by atoms with Gasteiger partial charge in [-0.25, -0.2) is 10.6 Å². The Labute approximate surface area is 83.1 Å². The van der Waals surface area contributed by atoms with Crippen LogP contribution in [0.15, 0.2) is 11.4 Å². The molecule has 0 aromatic rings. The number of nitrogens with two attached hydrogens (primary N) is 2. The monoisotopic (exact) mass is 225 g/mol. The Bertz CT molecular complexity index is 309. The fraction of sp³-hybridized carbons (Fsp3) is 0.571. The van der Waals surface area contributed by atoms with Gasteiger partial charge in [-0.15, -0.1) is 0 Å². The molecular formula is C7H10F3N3O2. The van der Waals surface area contributed by atoms with Gasteiger partial charge in [0.05, 0.1) is 0 Å². The zero-order chi connectivity index (χ0) is 11.8. The molecule has 0 saturated heterocycles.